The molecule has 142 valence electrons. The zero-order valence-corrected chi connectivity index (χ0v) is 16.1. The molecule has 1 saturated carbocycles. The lowest BCUT2D eigenvalue weighted by atomic mass is 10.0. The third-order valence-corrected chi connectivity index (χ3v) is 7.32. The molecule has 2 aromatic rings. The van der Waals surface area contributed by atoms with Gasteiger partial charge in [0, 0.05) is 26.1 Å². The molecule has 1 aliphatic carbocycles. The van der Waals surface area contributed by atoms with Crippen LogP contribution in [0, 0.1) is 24.7 Å². The summed E-state index contributed by atoms with van der Waals surface area (Å²) in [7, 11) is 0. The Bertz CT molecular complexity index is 912. The molecule has 4 atom stereocenters. The molecule has 1 aromatic carbocycles. The first-order chi connectivity index (χ1) is 13.0. The van der Waals surface area contributed by atoms with Crippen LogP contribution in [0.4, 0.5) is 5.13 Å². The van der Waals surface area contributed by atoms with Crippen molar-refractivity contribution in [1.82, 2.24) is 9.88 Å². The zero-order valence-electron chi connectivity index (χ0n) is 15.3. The van der Waals surface area contributed by atoms with E-state index in [1.807, 2.05) is 24.0 Å². The molecule has 2 unspecified atom stereocenters. The number of aliphatic hydroxyl groups is 1. The Labute approximate surface area is 161 Å². The highest BCUT2D eigenvalue weighted by Crippen LogP contribution is 2.39. The Morgan fingerprint density at radius 3 is 2.70 bits per heavy atom. The van der Waals surface area contributed by atoms with Crippen molar-refractivity contribution in [3.63, 3.8) is 0 Å². The van der Waals surface area contributed by atoms with Gasteiger partial charge in [0.25, 0.3) is 0 Å². The Kier molecular flexibility index (Phi) is 3.98. The van der Waals surface area contributed by atoms with Gasteiger partial charge < -0.3 is 10.0 Å². The van der Waals surface area contributed by atoms with Crippen molar-refractivity contribution >= 4 is 38.5 Å². The lowest BCUT2D eigenvalue weighted by Gasteiger charge is -2.21. The summed E-state index contributed by atoms with van der Waals surface area (Å²) in [5, 5.41) is 10.5. The lowest BCUT2D eigenvalue weighted by Crippen LogP contribution is -2.36. The molecule has 3 aliphatic rings. The summed E-state index contributed by atoms with van der Waals surface area (Å²) in [6, 6.07) is 6.08. The van der Waals surface area contributed by atoms with Crippen LogP contribution in [0.25, 0.3) is 10.2 Å². The molecule has 0 bridgehead atoms. The van der Waals surface area contributed by atoms with E-state index in [1.165, 1.54) is 16.9 Å². The van der Waals surface area contributed by atoms with E-state index in [0.717, 1.165) is 36.1 Å². The lowest BCUT2D eigenvalue weighted by molar-refractivity contribution is -0.135. The fourth-order valence-electron chi connectivity index (χ4n) is 4.90. The first-order valence-corrected chi connectivity index (χ1v) is 10.4. The van der Waals surface area contributed by atoms with Gasteiger partial charge in [0.1, 0.15) is 0 Å². The van der Waals surface area contributed by atoms with Crippen LogP contribution in [0.1, 0.15) is 24.8 Å². The molecule has 7 heteroatoms. The molecule has 5 rings (SSSR count). The third-order valence-electron chi connectivity index (χ3n) is 6.28. The van der Waals surface area contributed by atoms with Crippen molar-refractivity contribution in [3.05, 3.63) is 23.8 Å². The molecule has 3 fully saturated rings. The van der Waals surface area contributed by atoms with E-state index in [-0.39, 0.29) is 30.3 Å². The van der Waals surface area contributed by atoms with Gasteiger partial charge in [0.05, 0.1) is 22.2 Å². The molecule has 2 aliphatic heterocycles. The summed E-state index contributed by atoms with van der Waals surface area (Å²) in [6.07, 6.45) is 1.66. The second kappa shape index (κ2) is 6.27. The fraction of sp³-hybridized carbons (Fsp3) is 0.550. The summed E-state index contributed by atoms with van der Waals surface area (Å²) < 4.78 is 1.07. The van der Waals surface area contributed by atoms with Gasteiger partial charge in [-0.25, -0.2) is 4.98 Å². The number of carbonyl (C=O) groups is 2. The van der Waals surface area contributed by atoms with Gasteiger partial charge in [-0.05, 0) is 49.3 Å². The van der Waals surface area contributed by atoms with Crippen LogP contribution in [-0.2, 0) is 9.59 Å². The van der Waals surface area contributed by atoms with Gasteiger partial charge in [0.15, 0.2) is 5.13 Å². The van der Waals surface area contributed by atoms with Crippen molar-refractivity contribution in [3.8, 4) is 0 Å². The van der Waals surface area contributed by atoms with Crippen molar-refractivity contribution in [2.75, 3.05) is 24.5 Å². The first-order valence-electron chi connectivity index (χ1n) is 9.62. The van der Waals surface area contributed by atoms with E-state index in [9.17, 15) is 14.7 Å². The van der Waals surface area contributed by atoms with Gasteiger partial charge in [-0.3, -0.25) is 14.5 Å². The van der Waals surface area contributed by atoms with Crippen LogP contribution >= 0.6 is 11.3 Å². The van der Waals surface area contributed by atoms with Gasteiger partial charge in [-0.2, -0.15) is 0 Å². The maximum absolute atomic E-state index is 13.0. The normalized spacial score (nSPS) is 30.5. The highest BCUT2D eigenvalue weighted by molar-refractivity contribution is 7.22. The Balaban J connectivity index is 1.30. The molecule has 0 spiro atoms. The topological polar surface area (TPSA) is 73.7 Å². The number of fused-ring (bicyclic) bond motifs is 2. The maximum Gasteiger partial charge on any atom is 0.229 e. The molecule has 2 saturated heterocycles. The zero-order chi connectivity index (χ0) is 18.7. The van der Waals surface area contributed by atoms with E-state index in [4.69, 9.17) is 0 Å². The number of likely N-dealkylation sites (tertiary alicyclic amines) is 1. The molecule has 3 heterocycles. The average Bonchev–Trinajstić information content (AvgIpc) is 3.35. The van der Waals surface area contributed by atoms with E-state index in [2.05, 4.69) is 11.1 Å². The standard InChI is InChI=1S/C20H23N3O3S/c1-11-2-3-16-17(4-11)27-20(21-16)23-10-14(7-18(23)25)19(26)22-8-12-5-15(24)6-13(12)9-22/h2-4,12-15,24H,5-10H2,1H3/t12-,13+,14?,15?. The van der Waals surface area contributed by atoms with Crippen LogP contribution in [0.15, 0.2) is 18.2 Å². The third kappa shape index (κ3) is 2.93. The second-order valence-corrected chi connectivity index (χ2v) is 9.27. The smallest absolute Gasteiger partial charge is 0.229 e. The number of aromatic nitrogens is 1. The largest absolute Gasteiger partial charge is 0.393 e. The minimum Gasteiger partial charge on any atom is -0.393 e. The van der Waals surface area contributed by atoms with Crippen LogP contribution < -0.4 is 4.90 Å². The number of rotatable bonds is 2. The number of carbonyl (C=O) groups excluding carboxylic acids is 2. The van der Waals surface area contributed by atoms with Crippen LogP contribution in [0.2, 0.25) is 0 Å². The number of anilines is 1. The van der Waals surface area contributed by atoms with E-state index >= 15 is 0 Å². The number of amides is 2. The molecule has 0 radical (unpaired) electrons. The minimum absolute atomic E-state index is 0.0149. The Morgan fingerprint density at radius 1 is 1.22 bits per heavy atom. The predicted octanol–water partition coefficient (Wildman–Crippen LogP) is 2.19. The maximum atomic E-state index is 13.0. The number of aliphatic hydroxyl groups excluding tert-OH is 1. The minimum atomic E-state index is -0.282. The van der Waals surface area contributed by atoms with E-state index in [0.29, 0.717) is 23.5 Å². The molecule has 6 nitrogen and oxygen atoms in total. The molecule has 2 amide bonds. The van der Waals surface area contributed by atoms with Crippen LogP contribution in [-0.4, -0.2) is 52.5 Å². The molecular formula is C20H23N3O3S. The highest BCUT2D eigenvalue weighted by atomic mass is 32.1. The van der Waals surface area contributed by atoms with Crippen molar-refractivity contribution in [2.45, 2.75) is 32.3 Å². The van der Waals surface area contributed by atoms with Crippen molar-refractivity contribution < 1.29 is 14.7 Å². The number of hydrogen-bond acceptors (Lipinski definition) is 5. The summed E-state index contributed by atoms with van der Waals surface area (Å²) >= 11 is 1.51. The molecule has 1 aromatic heterocycles. The van der Waals surface area contributed by atoms with Crippen molar-refractivity contribution in [1.29, 1.82) is 0 Å². The Hall–Kier alpha value is -1.99. The number of aryl methyl sites for hydroxylation is 1. The number of hydrogen-bond donors (Lipinski definition) is 1. The van der Waals surface area contributed by atoms with Crippen molar-refractivity contribution in [2.24, 2.45) is 17.8 Å². The SMILES string of the molecule is Cc1ccc2nc(N3CC(C(=O)N4C[C@H]5CC(O)C[C@H]5C4)CC3=O)sc2c1. The average molecular weight is 385 g/mol. The van der Waals surface area contributed by atoms with Gasteiger partial charge >= 0.3 is 0 Å². The second-order valence-electron chi connectivity index (χ2n) is 8.26. The summed E-state index contributed by atoms with van der Waals surface area (Å²) in [5.41, 5.74) is 2.07. The Morgan fingerprint density at radius 2 is 1.96 bits per heavy atom. The predicted molar refractivity (Wildman–Crippen MR) is 104 cm³/mol. The van der Waals surface area contributed by atoms with E-state index in [1.54, 1.807) is 4.90 Å². The van der Waals surface area contributed by atoms with Gasteiger partial charge in [-0.1, -0.05) is 17.4 Å². The molecule has 27 heavy (non-hydrogen) atoms. The quantitative estimate of drug-likeness (QED) is 0.860. The number of benzene rings is 1. The summed E-state index contributed by atoms with van der Waals surface area (Å²) in [5.74, 6) is 0.634. The van der Waals surface area contributed by atoms with Gasteiger partial charge in [-0.15, -0.1) is 0 Å². The molecule has 1 N–H and O–H groups in total. The van der Waals surface area contributed by atoms with Gasteiger partial charge in [0.2, 0.25) is 11.8 Å². The van der Waals surface area contributed by atoms with Crippen LogP contribution in [0.5, 0.6) is 0 Å². The van der Waals surface area contributed by atoms with E-state index < -0.39 is 0 Å². The summed E-state index contributed by atoms with van der Waals surface area (Å²) in [4.78, 5) is 33.8. The fourth-order valence-corrected chi connectivity index (χ4v) is 5.99. The molecular weight excluding hydrogens is 362 g/mol. The number of nitrogens with zero attached hydrogens (tertiary/aromatic N) is 3. The van der Waals surface area contributed by atoms with Crippen LogP contribution in [0.3, 0.4) is 0 Å². The highest BCUT2D eigenvalue weighted by Gasteiger charge is 2.45. The monoisotopic (exact) mass is 385 g/mol. The summed E-state index contributed by atoms with van der Waals surface area (Å²) in [6.45, 7) is 3.92. The first kappa shape index (κ1) is 17.1. The number of thiazole rings is 1.